The largest absolute Gasteiger partial charge is 0.468 e. The highest BCUT2D eigenvalue weighted by molar-refractivity contribution is 6.37. The second kappa shape index (κ2) is 9.24. The van der Waals surface area contributed by atoms with E-state index in [1.165, 1.54) is 4.68 Å². The van der Waals surface area contributed by atoms with Gasteiger partial charge in [0.15, 0.2) is 18.2 Å². The molecule has 158 valence electrons. The van der Waals surface area contributed by atoms with Crippen LogP contribution >= 0.6 is 23.2 Å². The standard InChI is InChI=1S/C22H19Cl2N5O2/c1-27(14-16-6-8-17(9-7-16)29-12-3-11-25-29)22(30)20-10-13-28(26-20)15-31-21-18(23)4-2-5-19(21)24/h2-13H,14-15H2,1H3. The lowest BCUT2D eigenvalue weighted by atomic mass is 10.2. The van der Waals surface area contributed by atoms with Gasteiger partial charge in [-0.1, -0.05) is 41.4 Å². The minimum absolute atomic E-state index is 0.0787. The van der Waals surface area contributed by atoms with Crippen molar-refractivity contribution in [1.82, 2.24) is 24.5 Å². The molecule has 9 heteroatoms. The molecule has 7 nitrogen and oxygen atoms in total. The average molecular weight is 456 g/mol. The molecule has 2 aromatic carbocycles. The van der Waals surface area contributed by atoms with E-state index in [1.54, 1.807) is 53.3 Å². The summed E-state index contributed by atoms with van der Waals surface area (Å²) in [5.74, 6) is 0.190. The van der Waals surface area contributed by atoms with Gasteiger partial charge in [0.2, 0.25) is 0 Å². The lowest BCUT2D eigenvalue weighted by Gasteiger charge is -2.16. The molecule has 31 heavy (non-hydrogen) atoms. The van der Waals surface area contributed by atoms with Gasteiger partial charge in [0.05, 0.1) is 15.7 Å². The first-order chi connectivity index (χ1) is 15.0. The van der Waals surface area contributed by atoms with Crippen molar-refractivity contribution in [2.45, 2.75) is 13.3 Å². The van der Waals surface area contributed by atoms with Crippen molar-refractivity contribution >= 4 is 29.1 Å². The number of benzene rings is 2. The highest BCUT2D eigenvalue weighted by Crippen LogP contribution is 2.32. The molecule has 2 heterocycles. The number of halogens is 2. The fourth-order valence-electron chi connectivity index (χ4n) is 3.02. The molecule has 0 atom stereocenters. The van der Waals surface area contributed by atoms with Crippen LogP contribution in [0.5, 0.6) is 5.75 Å². The maximum atomic E-state index is 12.8. The van der Waals surface area contributed by atoms with E-state index in [0.29, 0.717) is 28.0 Å². The summed E-state index contributed by atoms with van der Waals surface area (Å²) in [7, 11) is 1.74. The van der Waals surface area contributed by atoms with Crippen LogP contribution in [0.4, 0.5) is 0 Å². The third kappa shape index (κ3) is 4.90. The number of carbonyl (C=O) groups is 1. The predicted octanol–water partition coefficient (Wildman–Crippen LogP) is 4.68. The van der Waals surface area contributed by atoms with Crippen LogP contribution in [-0.2, 0) is 13.3 Å². The van der Waals surface area contributed by atoms with Gasteiger partial charge < -0.3 is 9.64 Å². The minimum Gasteiger partial charge on any atom is -0.468 e. The molecule has 0 N–H and O–H groups in total. The summed E-state index contributed by atoms with van der Waals surface area (Å²) in [6.45, 7) is 0.534. The minimum atomic E-state index is -0.189. The monoisotopic (exact) mass is 455 g/mol. The zero-order valence-electron chi connectivity index (χ0n) is 16.7. The molecule has 0 aliphatic rings. The first-order valence-corrected chi connectivity index (χ1v) is 10.2. The van der Waals surface area contributed by atoms with Crippen molar-refractivity contribution in [3.63, 3.8) is 0 Å². The Labute approximate surface area is 189 Å². The molecule has 0 fully saturated rings. The molecule has 0 unspecified atom stereocenters. The molecule has 0 spiro atoms. The van der Waals surface area contributed by atoms with Crippen LogP contribution in [-0.4, -0.2) is 37.4 Å². The van der Waals surface area contributed by atoms with Crippen molar-refractivity contribution in [2.24, 2.45) is 0 Å². The van der Waals surface area contributed by atoms with E-state index in [1.807, 2.05) is 36.5 Å². The number of nitrogens with zero attached hydrogens (tertiary/aromatic N) is 5. The molecule has 4 aromatic rings. The maximum absolute atomic E-state index is 12.8. The van der Waals surface area contributed by atoms with Gasteiger partial charge in [0, 0.05) is 32.2 Å². The average Bonchev–Trinajstić information content (AvgIpc) is 3.46. The second-order valence-electron chi connectivity index (χ2n) is 6.84. The topological polar surface area (TPSA) is 65.2 Å². The lowest BCUT2D eigenvalue weighted by molar-refractivity contribution is 0.0777. The van der Waals surface area contributed by atoms with Crippen LogP contribution in [0, 0.1) is 0 Å². The van der Waals surface area contributed by atoms with E-state index < -0.39 is 0 Å². The molecule has 0 saturated carbocycles. The fraction of sp³-hybridized carbons (Fsp3) is 0.136. The van der Waals surface area contributed by atoms with Crippen molar-refractivity contribution < 1.29 is 9.53 Å². The second-order valence-corrected chi connectivity index (χ2v) is 7.66. The maximum Gasteiger partial charge on any atom is 0.274 e. The van der Waals surface area contributed by atoms with Crippen molar-refractivity contribution in [2.75, 3.05) is 7.05 Å². The van der Waals surface area contributed by atoms with Crippen LogP contribution < -0.4 is 4.74 Å². The third-order valence-electron chi connectivity index (χ3n) is 4.59. The molecular formula is C22H19Cl2N5O2. The first-order valence-electron chi connectivity index (χ1n) is 9.46. The van der Waals surface area contributed by atoms with Crippen LogP contribution in [0.15, 0.2) is 73.2 Å². The summed E-state index contributed by atoms with van der Waals surface area (Å²) in [5, 5.41) is 9.33. The van der Waals surface area contributed by atoms with E-state index in [0.717, 1.165) is 11.3 Å². The summed E-state index contributed by atoms with van der Waals surface area (Å²) in [5.41, 5.74) is 2.28. The Hall–Kier alpha value is -3.29. The number of hydrogen-bond acceptors (Lipinski definition) is 4. The molecule has 2 aromatic heterocycles. The smallest absolute Gasteiger partial charge is 0.274 e. The van der Waals surface area contributed by atoms with Crippen molar-refractivity contribution in [3.8, 4) is 11.4 Å². The van der Waals surface area contributed by atoms with Crippen LogP contribution in [0.2, 0.25) is 10.0 Å². The number of amides is 1. The summed E-state index contributed by atoms with van der Waals surface area (Å²) < 4.78 is 8.94. The quantitative estimate of drug-likeness (QED) is 0.405. The Morgan fingerprint density at radius 1 is 1.03 bits per heavy atom. The Morgan fingerprint density at radius 2 is 1.77 bits per heavy atom. The number of rotatable bonds is 7. The highest BCUT2D eigenvalue weighted by Gasteiger charge is 2.16. The molecular weight excluding hydrogens is 437 g/mol. The molecule has 0 aliphatic carbocycles. The Balaban J connectivity index is 1.36. The van der Waals surface area contributed by atoms with Crippen LogP contribution in [0.25, 0.3) is 5.69 Å². The number of aromatic nitrogens is 4. The van der Waals surface area contributed by atoms with Crippen molar-refractivity contribution in [3.05, 3.63) is 94.5 Å². The molecule has 0 saturated heterocycles. The summed E-state index contributed by atoms with van der Waals surface area (Å²) in [6, 6.07) is 16.5. The van der Waals surface area contributed by atoms with Gasteiger partial charge in [0.1, 0.15) is 0 Å². The Morgan fingerprint density at radius 3 is 2.45 bits per heavy atom. The Bertz CT molecular complexity index is 1150. The summed E-state index contributed by atoms with van der Waals surface area (Å²) in [4.78, 5) is 14.4. The lowest BCUT2D eigenvalue weighted by Crippen LogP contribution is -2.26. The van der Waals surface area contributed by atoms with E-state index in [4.69, 9.17) is 27.9 Å². The molecule has 1 amide bonds. The van der Waals surface area contributed by atoms with E-state index in [2.05, 4.69) is 10.2 Å². The molecule has 4 rings (SSSR count). The number of hydrogen-bond donors (Lipinski definition) is 0. The van der Waals surface area contributed by atoms with E-state index in [9.17, 15) is 4.79 Å². The molecule has 0 aliphatic heterocycles. The highest BCUT2D eigenvalue weighted by atomic mass is 35.5. The molecule has 0 bridgehead atoms. The summed E-state index contributed by atoms with van der Waals surface area (Å²) >= 11 is 12.2. The third-order valence-corrected chi connectivity index (χ3v) is 5.19. The number of ether oxygens (including phenoxy) is 1. The number of carbonyl (C=O) groups excluding carboxylic acids is 1. The van der Waals surface area contributed by atoms with Gasteiger partial charge in [-0.05, 0) is 42.0 Å². The van der Waals surface area contributed by atoms with Crippen molar-refractivity contribution in [1.29, 1.82) is 0 Å². The molecule has 0 radical (unpaired) electrons. The SMILES string of the molecule is CN(Cc1ccc(-n2cccn2)cc1)C(=O)c1ccn(COc2c(Cl)cccc2Cl)n1. The van der Waals surface area contributed by atoms with Gasteiger partial charge in [0.25, 0.3) is 5.91 Å². The van der Waals surface area contributed by atoms with E-state index in [-0.39, 0.29) is 12.6 Å². The first kappa shape index (κ1) is 21.0. The van der Waals surface area contributed by atoms with Gasteiger partial charge in [-0.2, -0.15) is 10.2 Å². The van der Waals surface area contributed by atoms with E-state index >= 15 is 0 Å². The van der Waals surface area contributed by atoms with Gasteiger partial charge in [-0.3, -0.25) is 4.79 Å². The van der Waals surface area contributed by atoms with Crippen LogP contribution in [0.1, 0.15) is 16.1 Å². The zero-order valence-corrected chi connectivity index (χ0v) is 18.2. The predicted molar refractivity (Wildman–Crippen MR) is 119 cm³/mol. The summed E-state index contributed by atoms with van der Waals surface area (Å²) in [6.07, 6.45) is 5.28. The van der Waals surface area contributed by atoms with Crippen LogP contribution in [0.3, 0.4) is 0 Å². The Kier molecular flexibility index (Phi) is 6.25. The normalized spacial score (nSPS) is 10.8. The van der Waals surface area contributed by atoms with Gasteiger partial charge in [-0.25, -0.2) is 9.36 Å². The zero-order chi connectivity index (χ0) is 21.8. The fourth-order valence-corrected chi connectivity index (χ4v) is 3.52. The van der Waals surface area contributed by atoms with Gasteiger partial charge >= 0.3 is 0 Å². The van der Waals surface area contributed by atoms with Gasteiger partial charge in [-0.15, -0.1) is 0 Å². The number of para-hydroxylation sites is 1.